The van der Waals surface area contributed by atoms with Gasteiger partial charge in [-0.25, -0.2) is 0 Å². The van der Waals surface area contributed by atoms with Crippen molar-refractivity contribution in [2.75, 3.05) is 47.1 Å². The highest BCUT2D eigenvalue weighted by molar-refractivity contribution is 7.80. The van der Waals surface area contributed by atoms with Crippen molar-refractivity contribution in [1.29, 1.82) is 0 Å². The van der Waals surface area contributed by atoms with Gasteiger partial charge < -0.3 is 24.4 Å². The van der Waals surface area contributed by atoms with Crippen molar-refractivity contribution in [3.05, 3.63) is 23.8 Å². The van der Waals surface area contributed by atoms with Crippen molar-refractivity contribution in [1.82, 2.24) is 10.2 Å². The van der Waals surface area contributed by atoms with E-state index in [1.165, 1.54) is 5.56 Å². The van der Waals surface area contributed by atoms with Crippen LogP contribution in [-0.4, -0.2) is 57.1 Å². The summed E-state index contributed by atoms with van der Waals surface area (Å²) in [5, 5.41) is 4.10. The van der Waals surface area contributed by atoms with Crippen LogP contribution in [0.25, 0.3) is 0 Å². The molecule has 0 saturated carbocycles. The molecule has 1 aliphatic heterocycles. The Bertz CT molecular complexity index is 476. The van der Waals surface area contributed by atoms with Gasteiger partial charge in [-0.3, -0.25) is 0 Å². The average Bonchev–Trinajstić information content (AvgIpc) is 2.55. The molecule has 1 saturated heterocycles. The Morgan fingerprint density at radius 3 is 2.62 bits per heavy atom. The summed E-state index contributed by atoms with van der Waals surface area (Å²) < 4.78 is 15.9. The number of benzene rings is 1. The minimum Gasteiger partial charge on any atom is -0.493 e. The molecule has 2 rings (SSSR count). The Balaban J connectivity index is 1.81. The minimum absolute atomic E-state index is 0.748. The molecule has 21 heavy (non-hydrogen) atoms. The van der Waals surface area contributed by atoms with E-state index in [1.807, 2.05) is 18.2 Å². The maximum atomic E-state index is 5.39. The zero-order valence-corrected chi connectivity index (χ0v) is 13.4. The van der Waals surface area contributed by atoms with Crippen LogP contribution in [0.2, 0.25) is 0 Å². The molecule has 0 aromatic heterocycles. The van der Waals surface area contributed by atoms with E-state index in [0.29, 0.717) is 0 Å². The number of hydrogen-bond acceptors (Lipinski definition) is 4. The fourth-order valence-electron chi connectivity index (χ4n) is 2.23. The lowest BCUT2D eigenvalue weighted by atomic mass is 10.1. The van der Waals surface area contributed by atoms with Crippen LogP contribution in [0.4, 0.5) is 0 Å². The second-order valence-electron chi connectivity index (χ2n) is 4.77. The monoisotopic (exact) mass is 310 g/mol. The van der Waals surface area contributed by atoms with Gasteiger partial charge in [0.2, 0.25) is 0 Å². The van der Waals surface area contributed by atoms with E-state index < -0.39 is 0 Å². The number of methoxy groups -OCH3 is 2. The van der Waals surface area contributed by atoms with Crippen LogP contribution in [0.5, 0.6) is 11.5 Å². The summed E-state index contributed by atoms with van der Waals surface area (Å²) in [7, 11) is 3.29. The SMILES string of the molecule is COc1ccc(CCNC(=S)N2CCOCC2)cc1OC. The summed E-state index contributed by atoms with van der Waals surface area (Å²) in [4.78, 5) is 2.15. The molecule has 1 aliphatic rings. The predicted molar refractivity (Wildman–Crippen MR) is 86.2 cm³/mol. The molecule has 6 heteroatoms. The summed E-state index contributed by atoms with van der Waals surface area (Å²) >= 11 is 5.39. The van der Waals surface area contributed by atoms with E-state index in [1.54, 1.807) is 14.2 Å². The van der Waals surface area contributed by atoms with E-state index in [9.17, 15) is 0 Å². The lowest BCUT2D eigenvalue weighted by Gasteiger charge is -2.29. The largest absolute Gasteiger partial charge is 0.493 e. The van der Waals surface area contributed by atoms with Gasteiger partial charge in [0, 0.05) is 19.6 Å². The second kappa shape index (κ2) is 8.05. The van der Waals surface area contributed by atoms with Crippen LogP contribution in [0.15, 0.2) is 18.2 Å². The van der Waals surface area contributed by atoms with Crippen molar-refractivity contribution in [3.8, 4) is 11.5 Å². The molecule has 1 heterocycles. The standard InChI is InChI=1S/C15H22N2O3S/c1-18-13-4-3-12(11-14(13)19-2)5-6-16-15(21)17-7-9-20-10-8-17/h3-4,11H,5-10H2,1-2H3,(H,16,21). The Morgan fingerprint density at radius 2 is 1.95 bits per heavy atom. The number of nitrogens with zero attached hydrogens (tertiary/aromatic N) is 1. The van der Waals surface area contributed by atoms with Crippen LogP contribution >= 0.6 is 12.2 Å². The number of morpholine rings is 1. The summed E-state index contributed by atoms with van der Waals surface area (Å²) in [6.45, 7) is 4.02. The molecule has 116 valence electrons. The first-order chi connectivity index (χ1) is 10.2. The number of nitrogens with one attached hydrogen (secondary N) is 1. The number of ether oxygens (including phenoxy) is 3. The lowest BCUT2D eigenvalue weighted by Crippen LogP contribution is -2.46. The molecular formula is C15H22N2O3S. The number of thiocarbonyl (C=S) groups is 1. The van der Waals surface area contributed by atoms with Crippen LogP contribution in [0.1, 0.15) is 5.56 Å². The van der Waals surface area contributed by atoms with Crippen molar-refractivity contribution in [2.45, 2.75) is 6.42 Å². The van der Waals surface area contributed by atoms with Crippen molar-refractivity contribution in [3.63, 3.8) is 0 Å². The van der Waals surface area contributed by atoms with Crippen molar-refractivity contribution < 1.29 is 14.2 Å². The van der Waals surface area contributed by atoms with Crippen molar-refractivity contribution in [2.24, 2.45) is 0 Å². The summed E-state index contributed by atoms with van der Waals surface area (Å²) in [5.41, 5.74) is 1.19. The highest BCUT2D eigenvalue weighted by Crippen LogP contribution is 2.27. The third kappa shape index (κ3) is 4.47. The minimum atomic E-state index is 0.748. The molecule has 0 spiro atoms. The van der Waals surface area contributed by atoms with Gasteiger partial charge >= 0.3 is 0 Å². The molecule has 0 aliphatic carbocycles. The smallest absolute Gasteiger partial charge is 0.169 e. The van der Waals surface area contributed by atoms with Gasteiger partial charge in [-0.05, 0) is 36.3 Å². The van der Waals surface area contributed by atoms with Gasteiger partial charge in [-0.15, -0.1) is 0 Å². The highest BCUT2D eigenvalue weighted by atomic mass is 32.1. The molecule has 1 fully saturated rings. The van der Waals surface area contributed by atoms with Gasteiger partial charge in [0.25, 0.3) is 0 Å². The van der Waals surface area contributed by atoms with Crippen LogP contribution < -0.4 is 14.8 Å². The van der Waals surface area contributed by atoms with Crippen LogP contribution in [-0.2, 0) is 11.2 Å². The topological polar surface area (TPSA) is 43.0 Å². The molecule has 0 amide bonds. The Kier molecular flexibility index (Phi) is 6.07. The molecule has 1 aromatic carbocycles. The van der Waals surface area contributed by atoms with Crippen molar-refractivity contribution >= 4 is 17.3 Å². The molecule has 1 aromatic rings. The van der Waals surface area contributed by atoms with E-state index in [-0.39, 0.29) is 0 Å². The first-order valence-electron chi connectivity index (χ1n) is 7.06. The van der Waals surface area contributed by atoms with Gasteiger partial charge in [0.05, 0.1) is 27.4 Å². The van der Waals surface area contributed by atoms with Gasteiger partial charge in [0.1, 0.15) is 0 Å². The first kappa shape index (κ1) is 15.9. The van der Waals surface area contributed by atoms with E-state index in [0.717, 1.165) is 55.9 Å². The zero-order valence-electron chi connectivity index (χ0n) is 12.6. The van der Waals surface area contributed by atoms with Gasteiger partial charge in [-0.2, -0.15) is 0 Å². The Labute approximate surface area is 131 Å². The number of hydrogen-bond donors (Lipinski definition) is 1. The van der Waals surface area contributed by atoms with Crippen LogP contribution in [0.3, 0.4) is 0 Å². The molecule has 0 bridgehead atoms. The fourth-order valence-corrected chi connectivity index (χ4v) is 2.51. The van der Waals surface area contributed by atoms with E-state index in [2.05, 4.69) is 10.2 Å². The highest BCUT2D eigenvalue weighted by Gasteiger charge is 2.13. The fraction of sp³-hybridized carbons (Fsp3) is 0.533. The molecule has 5 nitrogen and oxygen atoms in total. The third-order valence-corrected chi connectivity index (χ3v) is 3.84. The summed E-state index contributed by atoms with van der Waals surface area (Å²) in [5.74, 6) is 1.50. The zero-order chi connectivity index (χ0) is 15.1. The first-order valence-corrected chi connectivity index (χ1v) is 7.47. The van der Waals surface area contributed by atoms with E-state index in [4.69, 9.17) is 26.4 Å². The maximum absolute atomic E-state index is 5.39. The molecular weight excluding hydrogens is 288 g/mol. The summed E-state index contributed by atoms with van der Waals surface area (Å²) in [6.07, 6.45) is 0.880. The van der Waals surface area contributed by atoms with Gasteiger partial charge in [-0.1, -0.05) is 6.07 Å². The van der Waals surface area contributed by atoms with Crippen LogP contribution in [0, 0.1) is 0 Å². The van der Waals surface area contributed by atoms with Gasteiger partial charge in [0.15, 0.2) is 16.6 Å². The lowest BCUT2D eigenvalue weighted by molar-refractivity contribution is 0.0677. The molecule has 0 unspecified atom stereocenters. The third-order valence-electron chi connectivity index (χ3n) is 3.44. The molecule has 1 N–H and O–H groups in total. The quantitative estimate of drug-likeness (QED) is 0.831. The average molecular weight is 310 g/mol. The normalized spacial score (nSPS) is 14.7. The number of rotatable bonds is 5. The molecule has 0 atom stereocenters. The molecule has 0 radical (unpaired) electrons. The second-order valence-corrected chi connectivity index (χ2v) is 5.16. The predicted octanol–water partition coefficient (Wildman–Crippen LogP) is 1.45. The maximum Gasteiger partial charge on any atom is 0.169 e. The Hall–Kier alpha value is -1.53. The summed E-state index contributed by atoms with van der Waals surface area (Å²) in [6, 6.07) is 5.97. The Morgan fingerprint density at radius 1 is 1.24 bits per heavy atom. The van der Waals surface area contributed by atoms with E-state index >= 15 is 0 Å².